The number of aryl methyl sites for hydroxylation is 1. The van der Waals surface area contributed by atoms with Crippen molar-refractivity contribution in [2.45, 2.75) is 45.6 Å². The van der Waals surface area contributed by atoms with Crippen molar-refractivity contribution in [3.05, 3.63) is 59.7 Å². The van der Waals surface area contributed by atoms with E-state index in [4.69, 9.17) is 0 Å². The van der Waals surface area contributed by atoms with E-state index >= 15 is 0 Å². The van der Waals surface area contributed by atoms with Crippen LogP contribution in [0.3, 0.4) is 0 Å². The maximum Gasteiger partial charge on any atom is 0.227 e. The molecule has 0 spiro atoms. The SMILES string of the molecule is CCc1ccccc1N1CC(C(=O)NC(C)c2ccc(NC(=O)C3CC3)cc2)CC1=O. The number of nitrogens with zero attached hydrogens (tertiary/aromatic N) is 1. The van der Waals surface area contributed by atoms with Gasteiger partial charge in [0.25, 0.3) is 0 Å². The van der Waals surface area contributed by atoms with Crippen LogP contribution in [0.25, 0.3) is 0 Å². The molecule has 6 heteroatoms. The van der Waals surface area contributed by atoms with Gasteiger partial charge in [-0.2, -0.15) is 0 Å². The molecule has 0 aromatic heterocycles. The zero-order valence-corrected chi connectivity index (χ0v) is 18.1. The Bertz CT molecular complexity index is 982. The standard InChI is InChI=1S/C25H29N3O3/c1-3-17-6-4-5-7-22(17)28-15-20(14-23(28)29)25(31)26-16(2)18-10-12-21(13-11-18)27-24(30)19-8-9-19/h4-7,10-13,16,19-20H,3,8-9,14-15H2,1-2H3,(H,26,31)(H,27,30). The maximum atomic E-state index is 12.9. The molecule has 31 heavy (non-hydrogen) atoms. The fourth-order valence-electron chi connectivity index (χ4n) is 4.05. The summed E-state index contributed by atoms with van der Waals surface area (Å²) in [6, 6.07) is 15.2. The Balaban J connectivity index is 1.35. The van der Waals surface area contributed by atoms with Crippen LogP contribution in [0.5, 0.6) is 0 Å². The number of carbonyl (C=O) groups excluding carboxylic acids is 3. The topological polar surface area (TPSA) is 78.5 Å². The van der Waals surface area contributed by atoms with E-state index < -0.39 is 0 Å². The first-order valence-electron chi connectivity index (χ1n) is 11.1. The minimum Gasteiger partial charge on any atom is -0.349 e. The smallest absolute Gasteiger partial charge is 0.227 e. The van der Waals surface area contributed by atoms with Gasteiger partial charge in [-0.15, -0.1) is 0 Å². The molecule has 3 amide bonds. The van der Waals surface area contributed by atoms with E-state index in [0.29, 0.717) is 6.54 Å². The molecule has 0 radical (unpaired) electrons. The van der Waals surface area contributed by atoms with Crippen LogP contribution in [0.2, 0.25) is 0 Å². The molecule has 6 nitrogen and oxygen atoms in total. The Morgan fingerprint density at radius 1 is 1.03 bits per heavy atom. The molecule has 1 saturated carbocycles. The fraction of sp³-hybridized carbons (Fsp3) is 0.400. The fourth-order valence-corrected chi connectivity index (χ4v) is 4.05. The number of nitrogens with one attached hydrogen (secondary N) is 2. The van der Waals surface area contributed by atoms with Crippen LogP contribution in [0.4, 0.5) is 11.4 Å². The lowest BCUT2D eigenvalue weighted by Gasteiger charge is -2.21. The Labute approximate surface area is 183 Å². The molecule has 2 aliphatic rings. The highest BCUT2D eigenvalue weighted by atomic mass is 16.2. The predicted molar refractivity (Wildman–Crippen MR) is 121 cm³/mol. The van der Waals surface area contributed by atoms with Crippen LogP contribution in [0.1, 0.15) is 50.3 Å². The molecule has 2 atom stereocenters. The van der Waals surface area contributed by atoms with Crippen molar-refractivity contribution >= 4 is 29.1 Å². The summed E-state index contributed by atoms with van der Waals surface area (Å²) >= 11 is 0. The third-order valence-electron chi connectivity index (χ3n) is 6.14. The second-order valence-corrected chi connectivity index (χ2v) is 8.50. The summed E-state index contributed by atoms with van der Waals surface area (Å²) in [7, 11) is 0. The van der Waals surface area contributed by atoms with Crippen molar-refractivity contribution in [3.63, 3.8) is 0 Å². The summed E-state index contributed by atoms with van der Waals surface area (Å²) in [5, 5.41) is 5.96. The number of benzene rings is 2. The summed E-state index contributed by atoms with van der Waals surface area (Å²) in [5.74, 6) is -0.241. The van der Waals surface area contributed by atoms with E-state index in [9.17, 15) is 14.4 Å². The number of hydrogen-bond donors (Lipinski definition) is 2. The Morgan fingerprint density at radius 3 is 2.42 bits per heavy atom. The predicted octanol–water partition coefficient (Wildman–Crippen LogP) is 3.83. The second-order valence-electron chi connectivity index (χ2n) is 8.50. The highest BCUT2D eigenvalue weighted by molar-refractivity contribution is 6.01. The van der Waals surface area contributed by atoms with Crippen LogP contribution in [-0.2, 0) is 20.8 Å². The van der Waals surface area contributed by atoms with Gasteiger partial charge in [-0.05, 0) is 55.5 Å². The molecule has 162 valence electrons. The van der Waals surface area contributed by atoms with Crippen LogP contribution < -0.4 is 15.5 Å². The molecule has 1 aliphatic heterocycles. The van der Waals surface area contributed by atoms with Crippen molar-refractivity contribution in [2.75, 3.05) is 16.8 Å². The summed E-state index contributed by atoms with van der Waals surface area (Å²) < 4.78 is 0. The molecule has 2 aromatic rings. The van der Waals surface area contributed by atoms with Gasteiger partial charge in [-0.1, -0.05) is 37.3 Å². The lowest BCUT2D eigenvalue weighted by Crippen LogP contribution is -2.34. The molecule has 1 aliphatic carbocycles. The Hall–Kier alpha value is -3.15. The Kier molecular flexibility index (Phi) is 6.07. The van der Waals surface area contributed by atoms with Crippen LogP contribution in [-0.4, -0.2) is 24.3 Å². The van der Waals surface area contributed by atoms with Gasteiger partial charge in [0.2, 0.25) is 17.7 Å². The van der Waals surface area contributed by atoms with Crippen LogP contribution in [0.15, 0.2) is 48.5 Å². The number of amides is 3. The first-order valence-corrected chi connectivity index (χ1v) is 11.1. The molecule has 2 aromatic carbocycles. The van der Waals surface area contributed by atoms with Gasteiger partial charge >= 0.3 is 0 Å². The van der Waals surface area contributed by atoms with Crippen molar-refractivity contribution < 1.29 is 14.4 Å². The van der Waals surface area contributed by atoms with E-state index in [2.05, 4.69) is 17.6 Å². The number of carbonyl (C=O) groups is 3. The quantitative estimate of drug-likeness (QED) is 0.716. The molecule has 4 rings (SSSR count). The van der Waals surface area contributed by atoms with E-state index in [1.54, 1.807) is 4.90 Å². The van der Waals surface area contributed by atoms with Crippen LogP contribution in [0, 0.1) is 11.8 Å². The average molecular weight is 420 g/mol. The number of hydrogen-bond acceptors (Lipinski definition) is 3. The lowest BCUT2D eigenvalue weighted by atomic mass is 10.0. The largest absolute Gasteiger partial charge is 0.349 e. The first-order chi connectivity index (χ1) is 15.0. The second kappa shape index (κ2) is 8.92. The van der Waals surface area contributed by atoms with E-state index in [-0.39, 0.29) is 42.0 Å². The van der Waals surface area contributed by atoms with Gasteiger partial charge in [0.1, 0.15) is 0 Å². The third-order valence-corrected chi connectivity index (χ3v) is 6.14. The van der Waals surface area contributed by atoms with Crippen molar-refractivity contribution in [1.29, 1.82) is 0 Å². The van der Waals surface area contributed by atoms with E-state index in [1.165, 1.54) is 0 Å². The normalized spacial score (nSPS) is 19.2. The number of para-hydroxylation sites is 1. The third kappa shape index (κ3) is 4.79. The van der Waals surface area contributed by atoms with Gasteiger partial charge in [0.15, 0.2) is 0 Å². The van der Waals surface area contributed by atoms with Gasteiger partial charge < -0.3 is 15.5 Å². The first kappa shape index (κ1) is 21.1. The van der Waals surface area contributed by atoms with Crippen molar-refractivity contribution in [2.24, 2.45) is 11.8 Å². The highest BCUT2D eigenvalue weighted by Gasteiger charge is 2.36. The van der Waals surface area contributed by atoms with Gasteiger partial charge in [-0.3, -0.25) is 14.4 Å². The summed E-state index contributed by atoms with van der Waals surface area (Å²) in [6.07, 6.45) is 3.00. The van der Waals surface area contributed by atoms with Crippen molar-refractivity contribution in [1.82, 2.24) is 5.32 Å². The van der Waals surface area contributed by atoms with Gasteiger partial charge in [0.05, 0.1) is 12.0 Å². The molecule has 1 heterocycles. The molecular weight excluding hydrogens is 390 g/mol. The molecular formula is C25H29N3O3. The summed E-state index contributed by atoms with van der Waals surface area (Å²) in [4.78, 5) is 39.1. The van der Waals surface area contributed by atoms with Gasteiger partial charge in [-0.25, -0.2) is 0 Å². The zero-order chi connectivity index (χ0) is 22.0. The van der Waals surface area contributed by atoms with Crippen LogP contribution >= 0.6 is 0 Å². The summed E-state index contributed by atoms with van der Waals surface area (Å²) in [5.41, 5.74) is 3.74. The van der Waals surface area contributed by atoms with E-state index in [1.807, 2.05) is 55.5 Å². The van der Waals surface area contributed by atoms with Gasteiger partial charge in [0, 0.05) is 30.3 Å². The molecule has 2 unspecified atom stereocenters. The summed E-state index contributed by atoms with van der Waals surface area (Å²) in [6.45, 7) is 4.39. The highest BCUT2D eigenvalue weighted by Crippen LogP contribution is 2.31. The number of rotatable bonds is 7. The number of anilines is 2. The maximum absolute atomic E-state index is 12.9. The molecule has 2 N–H and O–H groups in total. The Morgan fingerprint density at radius 2 is 1.74 bits per heavy atom. The average Bonchev–Trinajstić information content (AvgIpc) is 3.56. The zero-order valence-electron chi connectivity index (χ0n) is 18.1. The molecule has 0 bridgehead atoms. The lowest BCUT2D eigenvalue weighted by molar-refractivity contribution is -0.126. The monoisotopic (exact) mass is 419 g/mol. The van der Waals surface area contributed by atoms with E-state index in [0.717, 1.165) is 41.8 Å². The van der Waals surface area contributed by atoms with Crippen molar-refractivity contribution in [3.8, 4) is 0 Å². The minimum absolute atomic E-state index is 0.00976. The minimum atomic E-state index is -0.364. The molecule has 2 fully saturated rings. The molecule has 1 saturated heterocycles.